The van der Waals surface area contributed by atoms with Crippen molar-refractivity contribution in [1.29, 1.82) is 0 Å². The molecule has 5 nitrogen and oxygen atoms in total. The number of aromatic hydroxyl groups is 2. The van der Waals surface area contributed by atoms with Crippen LogP contribution in [-0.2, 0) is 16.0 Å². The molecular weight excluding hydrogens is 282 g/mol. The predicted octanol–water partition coefficient (Wildman–Crippen LogP) is 2.30. The van der Waals surface area contributed by atoms with Crippen molar-refractivity contribution in [3.8, 4) is 11.5 Å². The Morgan fingerprint density at radius 2 is 1.86 bits per heavy atom. The third-order valence-electron chi connectivity index (χ3n) is 3.17. The number of rotatable bonds is 5. The maximum Gasteiger partial charge on any atom is 0.330 e. The van der Waals surface area contributed by atoms with Crippen molar-refractivity contribution in [3.05, 3.63) is 59.7 Å². The molecule has 0 bridgehead atoms. The zero-order valence-corrected chi connectivity index (χ0v) is 12.1. The second kappa shape index (κ2) is 7.26. The molecule has 0 amide bonds. The number of phenolic OH excluding ortho intramolecular Hbond substituents is 2. The molecule has 0 fully saturated rings. The van der Waals surface area contributed by atoms with E-state index in [9.17, 15) is 15.0 Å². The minimum atomic E-state index is -0.714. The average Bonchev–Trinajstić information content (AvgIpc) is 2.54. The van der Waals surface area contributed by atoms with Gasteiger partial charge in [0.15, 0.2) is 6.04 Å². The third-order valence-corrected chi connectivity index (χ3v) is 3.17. The second-order valence-corrected chi connectivity index (χ2v) is 4.75. The number of hydrogen-bond acceptors (Lipinski definition) is 5. The lowest BCUT2D eigenvalue weighted by atomic mass is 10.1. The van der Waals surface area contributed by atoms with Gasteiger partial charge in [-0.2, -0.15) is 0 Å². The summed E-state index contributed by atoms with van der Waals surface area (Å²) in [6.07, 6.45) is 1.80. The van der Waals surface area contributed by atoms with Crippen LogP contribution in [0.2, 0.25) is 0 Å². The quantitative estimate of drug-likeness (QED) is 0.656. The first-order chi connectivity index (χ1) is 10.6. The van der Waals surface area contributed by atoms with Gasteiger partial charge in [0.05, 0.1) is 7.11 Å². The molecule has 0 aromatic heterocycles. The Bertz CT molecular complexity index is 665. The topological polar surface area (TPSA) is 79.1 Å². The van der Waals surface area contributed by atoms with E-state index in [-0.39, 0.29) is 11.5 Å². The number of nitrogens with zero attached hydrogens (tertiary/aromatic N) is 1. The maximum absolute atomic E-state index is 11.8. The van der Waals surface area contributed by atoms with Gasteiger partial charge < -0.3 is 14.9 Å². The zero-order valence-electron chi connectivity index (χ0n) is 12.1. The van der Waals surface area contributed by atoms with E-state index in [1.165, 1.54) is 13.3 Å². The van der Waals surface area contributed by atoms with Crippen LogP contribution >= 0.6 is 0 Å². The lowest BCUT2D eigenvalue weighted by molar-refractivity contribution is -0.142. The Kier molecular flexibility index (Phi) is 5.14. The van der Waals surface area contributed by atoms with Crippen LogP contribution in [0.5, 0.6) is 11.5 Å². The molecule has 0 aliphatic carbocycles. The van der Waals surface area contributed by atoms with Gasteiger partial charge >= 0.3 is 5.97 Å². The molecule has 0 saturated heterocycles. The molecule has 1 atom stereocenters. The molecule has 114 valence electrons. The van der Waals surface area contributed by atoms with E-state index >= 15 is 0 Å². The number of esters is 1. The summed E-state index contributed by atoms with van der Waals surface area (Å²) in [4.78, 5) is 16.1. The molecule has 2 aromatic rings. The van der Waals surface area contributed by atoms with Gasteiger partial charge in [-0.1, -0.05) is 24.3 Å². The monoisotopic (exact) mass is 299 g/mol. The van der Waals surface area contributed by atoms with E-state index in [1.807, 2.05) is 0 Å². The van der Waals surface area contributed by atoms with Crippen LogP contribution in [0, 0.1) is 0 Å². The molecule has 0 spiro atoms. The molecule has 0 aliphatic rings. The molecule has 0 saturated carbocycles. The van der Waals surface area contributed by atoms with Gasteiger partial charge in [0.2, 0.25) is 0 Å². The smallest absolute Gasteiger partial charge is 0.330 e. The average molecular weight is 299 g/mol. The van der Waals surface area contributed by atoms with Gasteiger partial charge in [-0.15, -0.1) is 0 Å². The highest BCUT2D eigenvalue weighted by molar-refractivity contribution is 5.86. The van der Waals surface area contributed by atoms with E-state index in [0.29, 0.717) is 12.0 Å². The highest BCUT2D eigenvalue weighted by Crippen LogP contribution is 2.15. The maximum atomic E-state index is 11.8. The van der Waals surface area contributed by atoms with Gasteiger partial charge in [0.1, 0.15) is 11.5 Å². The van der Waals surface area contributed by atoms with Crippen molar-refractivity contribution < 1.29 is 19.7 Å². The lowest BCUT2D eigenvalue weighted by Gasteiger charge is -2.10. The normalized spacial score (nSPS) is 12.2. The van der Waals surface area contributed by atoms with Crippen molar-refractivity contribution in [2.45, 2.75) is 12.5 Å². The minimum absolute atomic E-state index is 0.0968. The Morgan fingerprint density at radius 3 is 2.50 bits per heavy atom. The molecule has 2 rings (SSSR count). The van der Waals surface area contributed by atoms with Crippen LogP contribution in [0.25, 0.3) is 0 Å². The lowest BCUT2D eigenvalue weighted by Crippen LogP contribution is -2.23. The van der Waals surface area contributed by atoms with Gasteiger partial charge in [0.25, 0.3) is 0 Å². The molecule has 0 unspecified atom stereocenters. The number of hydrogen-bond donors (Lipinski definition) is 2. The fraction of sp³-hybridized carbons (Fsp3) is 0.176. The Balaban J connectivity index is 2.18. The number of carbonyl (C=O) groups excluding carboxylic acids is 1. The SMILES string of the molecule is COC(=O)[C@H](Cc1ccc(O)cc1)N=Cc1ccccc1O. The molecule has 2 N–H and O–H groups in total. The molecule has 0 heterocycles. The second-order valence-electron chi connectivity index (χ2n) is 4.75. The van der Waals surface area contributed by atoms with Crippen molar-refractivity contribution >= 4 is 12.2 Å². The van der Waals surface area contributed by atoms with Crippen molar-refractivity contribution in [2.75, 3.05) is 7.11 Å². The van der Waals surface area contributed by atoms with Gasteiger partial charge in [-0.05, 0) is 29.8 Å². The summed E-state index contributed by atoms with van der Waals surface area (Å²) in [6.45, 7) is 0. The molecule has 0 aliphatic heterocycles. The van der Waals surface area contributed by atoms with E-state index < -0.39 is 12.0 Å². The fourth-order valence-electron chi connectivity index (χ4n) is 1.96. The highest BCUT2D eigenvalue weighted by Gasteiger charge is 2.18. The van der Waals surface area contributed by atoms with Gasteiger partial charge in [-0.25, -0.2) is 4.79 Å². The number of benzene rings is 2. The number of carbonyl (C=O) groups is 1. The Morgan fingerprint density at radius 1 is 1.18 bits per heavy atom. The van der Waals surface area contributed by atoms with Gasteiger partial charge in [0, 0.05) is 18.2 Å². The summed E-state index contributed by atoms with van der Waals surface area (Å²) in [7, 11) is 1.31. The van der Waals surface area contributed by atoms with Crippen LogP contribution in [-0.4, -0.2) is 35.5 Å². The number of ether oxygens (including phenoxy) is 1. The minimum Gasteiger partial charge on any atom is -0.508 e. The molecule has 0 radical (unpaired) electrons. The number of methoxy groups -OCH3 is 1. The predicted molar refractivity (Wildman–Crippen MR) is 83.3 cm³/mol. The molecule has 2 aromatic carbocycles. The molecular formula is C17H17NO4. The van der Waals surface area contributed by atoms with Crippen LogP contribution in [0.3, 0.4) is 0 Å². The first-order valence-electron chi connectivity index (χ1n) is 6.77. The molecule has 5 heteroatoms. The summed E-state index contributed by atoms with van der Waals surface area (Å²) >= 11 is 0. The van der Waals surface area contributed by atoms with Crippen molar-refractivity contribution in [1.82, 2.24) is 0 Å². The van der Waals surface area contributed by atoms with Crippen LogP contribution < -0.4 is 0 Å². The summed E-state index contributed by atoms with van der Waals surface area (Å²) in [6, 6.07) is 12.6. The van der Waals surface area contributed by atoms with Crippen LogP contribution in [0.4, 0.5) is 0 Å². The first kappa shape index (κ1) is 15.6. The largest absolute Gasteiger partial charge is 0.508 e. The zero-order chi connectivity index (χ0) is 15.9. The highest BCUT2D eigenvalue weighted by atomic mass is 16.5. The van der Waals surface area contributed by atoms with E-state index in [0.717, 1.165) is 5.56 Å². The standard InChI is InChI=1S/C17H17NO4/c1-22-17(21)15(10-12-6-8-14(19)9-7-12)18-11-13-4-2-3-5-16(13)20/h2-9,11,15,19-20H,10H2,1H3/t15-/m0/s1. The Labute approximate surface area is 128 Å². The van der Waals surface area contributed by atoms with E-state index in [2.05, 4.69) is 4.99 Å². The van der Waals surface area contributed by atoms with Crippen molar-refractivity contribution in [2.24, 2.45) is 4.99 Å². The van der Waals surface area contributed by atoms with Crippen molar-refractivity contribution in [3.63, 3.8) is 0 Å². The summed E-state index contributed by atoms with van der Waals surface area (Å²) in [5.41, 5.74) is 1.38. The number of para-hydroxylation sites is 1. The summed E-state index contributed by atoms with van der Waals surface area (Å²) in [5.74, 6) is -0.199. The van der Waals surface area contributed by atoms with E-state index in [1.54, 1.807) is 48.5 Å². The summed E-state index contributed by atoms with van der Waals surface area (Å²) in [5, 5.41) is 19.0. The van der Waals surface area contributed by atoms with Gasteiger partial charge in [-0.3, -0.25) is 4.99 Å². The first-order valence-corrected chi connectivity index (χ1v) is 6.77. The van der Waals surface area contributed by atoms with Crippen LogP contribution in [0.1, 0.15) is 11.1 Å². The number of aliphatic imine (C=N–C) groups is 1. The summed E-state index contributed by atoms with van der Waals surface area (Å²) < 4.78 is 4.76. The Hall–Kier alpha value is -2.82. The third kappa shape index (κ3) is 4.09. The van der Waals surface area contributed by atoms with E-state index in [4.69, 9.17) is 4.74 Å². The number of phenols is 2. The molecule has 22 heavy (non-hydrogen) atoms. The fourth-order valence-corrected chi connectivity index (χ4v) is 1.96. The van der Waals surface area contributed by atoms with Crippen LogP contribution in [0.15, 0.2) is 53.5 Å².